The van der Waals surface area contributed by atoms with Gasteiger partial charge in [-0.3, -0.25) is 0 Å². The van der Waals surface area contributed by atoms with Crippen molar-refractivity contribution in [2.75, 3.05) is 7.11 Å². The highest BCUT2D eigenvalue weighted by Gasteiger charge is 2.05. The van der Waals surface area contributed by atoms with Gasteiger partial charge in [0.05, 0.1) is 12.7 Å². The maximum Gasteiger partial charge on any atom is 0.337 e. The SMILES string of the molecule is COC(=O)c1ccc(C=CCC=O)c(C)c1. The van der Waals surface area contributed by atoms with Crippen molar-refractivity contribution in [3.05, 3.63) is 41.0 Å². The molecule has 0 aromatic heterocycles. The first-order valence-corrected chi connectivity index (χ1v) is 4.98. The molecule has 0 saturated carbocycles. The zero-order valence-corrected chi connectivity index (χ0v) is 9.40. The van der Waals surface area contributed by atoms with Crippen LogP contribution in [0.4, 0.5) is 0 Å². The molecule has 0 spiro atoms. The number of methoxy groups -OCH3 is 1. The number of rotatable bonds is 4. The Balaban J connectivity index is 2.91. The van der Waals surface area contributed by atoms with Crippen LogP contribution >= 0.6 is 0 Å². The van der Waals surface area contributed by atoms with E-state index in [0.717, 1.165) is 17.4 Å². The molecule has 0 heterocycles. The van der Waals surface area contributed by atoms with Crippen LogP contribution in [0.15, 0.2) is 24.3 Å². The third kappa shape index (κ3) is 3.05. The lowest BCUT2D eigenvalue weighted by molar-refractivity contribution is -0.107. The van der Waals surface area contributed by atoms with E-state index in [1.165, 1.54) is 7.11 Å². The Labute approximate surface area is 94.7 Å². The molecule has 3 heteroatoms. The van der Waals surface area contributed by atoms with E-state index in [1.807, 2.05) is 19.1 Å². The van der Waals surface area contributed by atoms with Crippen LogP contribution in [0, 0.1) is 6.92 Å². The highest BCUT2D eigenvalue weighted by molar-refractivity contribution is 5.89. The number of carbonyl (C=O) groups excluding carboxylic acids is 2. The monoisotopic (exact) mass is 218 g/mol. The first-order valence-electron chi connectivity index (χ1n) is 4.98. The van der Waals surface area contributed by atoms with Gasteiger partial charge in [-0.05, 0) is 30.2 Å². The van der Waals surface area contributed by atoms with Crippen molar-refractivity contribution < 1.29 is 14.3 Å². The van der Waals surface area contributed by atoms with Gasteiger partial charge in [-0.2, -0.15) is 0 Å². The van der Waals surface area contributed by atoms with Gasteiger partial charge in [0.25, 0.3) is 0 Å². The second-order valence-electron chi connectivity index (χ2n) is 3.37. The summed E-state index contributed by atoms with van der Waals surface area (Å²) >= 11 is 0. The number of esters is 1. The minimum absolute atomic E-state index is 0.341. The molecule has 16 heavy (non-hydrogen) atoms. The van der Waals surface area contributed by atoms with E-state index >= 15 is 0 Å². The average molecular weight is 218 g/mol. The predicted octanol–water partition coefficient (Wildman–Crippen LogP) is 2.38. The summed E-state index contributed by atoms with van der Waals surface area (Å²) in [5, 5.41) is 0. The maximum atomic E-state index is 11.3. The summed E-state index contributed by atoms with van der Waals surface area (Å²) in [6.45, 7) is 1.91. The molecule has 1 aromatic carbocycles. The Morgan fingerprint density at radius 1 is 1.44 bits per heavy atom. The van der Waals surface area contributed by atoms with Crippen LogP contribution < -0.4 is 0 Å². The molecular weight excluding hydrogens is 204 g/mol. The fraction of sp³-hybridized carbons (Fsp3) is 0.231. The van der Waals surface area contributed by atoms with Crippen LogP contribution in [0.2, 0.25) is 0 Å². The number of aryl methyl sites for hydroxylation is 1. The van der Waals surface area contributed by atoms with Gasteiger partial charge < -0.3 is 9.53 Å². The van der Waals surface area contributed by atoms with Crippen molar-refractivity contribution >= 4 is 18.3 Å². The molecule has 0 aliphatic carbocycles. The van der Waals surface area contributed by atoms with E-state index in [0.29, 0.717) is 12.0 Å². The summed E-state index contributed by atoms with van der Waals surface area (Å²) in [4.78, 5) is 21.4. The Kier molecular flexibility index (Phi) is 4.45. The molecule has 1 rings (SSSR count). The van der Waals surface area contributed by atoms with E-state index in [-0.39, 0.29) is 5.97 Å². The van der Waals surface area contributed by atoms with E-state index in [4.69, 9.17) is 0 Å². The molecule has 1 aromatic rings. The summed E-state index contributed by atoms with van der Waals surface area (Å²) in [5.41, 5.74) is 2.51. The molecule has 0 amide bonds. The molecule has 0 bridgehead atoms. The molecule has 0 aliphatic rings. The molecule has 0 radical (unpaired) electrons. The van der Waals surface area contributed by atoms with Crippen LogP contribution in [0.5, 0.6) is 0 Å². The standard InChI is InChI=1S/C13H14O3/c1-10-9-12(13(15)16-2)7-6-11(10)5-3-4-8-14/h3,5-9H,4H2,1-2H3. The summed E-state index contributed by atoms with van der Waals surface area (Å²) in [5.74, 6) is -0.341. The largest absolute Gasteiger partial charge is 0.465 e. The maximum absolute atomic E-state index is 11.3. The Morgan fingerprint density at radius 2 is 2.19 bits per heavy atom. The van der Waals surface area contributed by atoms with Gasteiger partial charge in [0.1, 0.15) is 6.29 Å². The fourth-order valence-corrected chi connectivity index (χ4v) is 1.36. The number of aldehydes is 1. The lowest BCUT2D eigenvalue weighted by Crippen LogP contribution is -2.01. The van der Waals surface area contributed by atoms with E-state index in [2.05, 4.69) is 4.74 Å². The first kappa shape index (κ1) is 12.2. The van der Waals surface area contributed by atoms with Crippen molar-refractivity contribution in [2.45, 2.75) is 13.3 Å². The Morgan fingerprint density at radius 3 is 2.75 bits per heavy atom. The molecule has 3 nitrogen and oxygen atoms in total. The highest BCUT2D eigenvalue weighted by Crippen LogP contribution is 2.13. The minimum Gasteiger partial charge on any atom is -0.465 e. The van der Waals surface area contributed by atoms with Gasteiger partial charge in [0, 0.05) is 6.42 Å². The molecule has 0 N–H and O–H groups in total. The number of carbonyl (C=O) groups is 2. The number of allylic oxidation sites excluding steroid dienone is 1. The third-order valence-corrected chi connectivity index (χ3v) is 2.22. The van der Waals surface area contributed by atoms with Crippen molar-refractivity contribution in [1.82, 2.24) is 0 Å². The summed E-state index contributed by atoms with van der Waals surface area (Å²) in [7, 11) is 1.36. The summed E-state index contributed by atoms with van der Waals surface area (Å²) < 4.78 is 4.63. The van der Waals surface area contributed by atoms with Crippen LogP contribution in [0.1, 0.15) is 27.9 Å². The molecule has 0 saturated heterocycles. The molecule has 0 fully saturated rings. The average Bonchev–Trinajstić information content (AvgIpc) is 2.30. The summed E-state index contributed by atoms with van der Waals surface area (Å²) in [6, 6.07) is 5.31. The fourth-order valence-electron chi connectivity index (χ4n) is 1.36. The third-order valence-electron chi connectivity index (χ3n) is 2.22. The van der Waals surface area contributed by atoms with Crippen molar-refractivity contribution in [3.8, 4) is 0 Å². The Bertz CT molecular complexity index is 419. The van der Waals surface area contributed by atoms with Crippen LogP contribution in [0.3, 0.4) is 0 Å². The van der Waals surface area contributed by atoms with Crippen molar-refractivity contribution in [3.63, 3.8) is 0 Å². The molecule has 0 atom stereocenters. The number of hydrogen-bond acceptors (Lipinski definition) is 3. The van der Waals surface area contributed by atoms with Gasteiger partial charge in [-0.25, -0.2) is 4.79 Å². The number of ether oxygens (including phenoxy) is 1. The van der Waals surface area contributed by atoms with Gasteiger partial charge in [0.15, 0.2) is 0 Å². The van der Waals surface area contributed by atoms with E-state index in [1.54, 1.807) is 18.2 Å². The van der Waals surface area contributed by atoms with Gasteiger partial charge in [-0.15, -0.1) is 0 Å². The minimum atomic E-state index is -0.341. The summed E-state index contributed by atoms with van der Waals surface area (Å²) in [6.07, 6.45) is 4.89. The molecule has 0 aliphatic heterocycles. The van der Waals surface area contributed by atoms with Crippen LogP contribution in [0.25, 0.3) is 6.08 Å². The first-order chi connectivity index (χ1) is 7.69. The molecular formula is C13H14O3. The second kappa shape index (κ2) is 5.85. The van der Waals surface area contributed by atoms with Gasteiger partial charge >= 0.3 is 5.97 Å². The van der Waals surface area contributed by atoms with Crippen molar-refractivity contribution in [1.29, 1.82) is 0 Å². The quantitative estimate of drug-likeness (QED) is 0.575. The van der Waals surface area contributed by atoms with Crippen molar-refractivity contribution in [2.24, 2.45) is 0 Å². The smallest absolute Gasteiger partial charge is 0.337 e. The topological polar surface area (TPSA) is 43.4 Å². The number of hydrogen-bond donors (Lipinski definition) is 0. The zero-order valence-electron chi connectivity index (χ0n) is 9.40. The normalized spacial score (nSPS) is 10.4. The van der Waals surface area contributed by atoms with E-state index in [9.17, 15) is 9.59 Å². The van der Waals surface area contributed by atoms with E-state index < -0.39 is 0 Å². The Hall–Kier alpha value is -1.90. The lowest BCUT2D eigenvalue weighted by Gasteiger charge is -2.03. The van der Waals surface area contributed by atoms with Gasteiger partial charge in [-0.1, -0.05) is 18.2 Å². The van der Waals surface area contributed by atoms with Gasteiger partial charge in [0.2, 0.25) is 0 Å². The van der Waals surface area contributed by atoms with Crippen LogP contribution in [-0.4, -0.2) is 19.4 Å². The molecule has 84 valence electrons. The predicted molar refractivity (Wildman–Crippen MR) is 62.2 cm³/mol. The highest BCUT2D eigenvalue weighted by atomic mass is 16.5. The lowest BCUT2D eigenvalue weighted by atomic mass is 10.0. The van der Waals surface area contributed by atoms with Crippen LogP contribution in [-0.2, 0) is 9.53 Å². The number of benzene rings is 1. The second-order valence-corrected chi connectivity index (χ2v) is 3.37. The zero-order chi connectivity index (χ0) is 12.0. The molecule has 0 unspecified atom stereocenters.